The van der Waals surface area contributed by atoms with Crippen LogP contribution in [0, 0.1) is 11.8 Å². The van der Waals surface area contributed by atoms with Crippen molar-refractivity contribution < 1.29 is 27.8 Å². The van der Waals surface area contributed by atoms with Gasteiger partial charge in [-0.1, -0.05) is 27.7 Å². The number of halogens is 4. The van der Waals surface area contributed by atoms with Crippen molar-refractivity contribution in [2.24, 2.45) is 11.8 Å². The highest BCUT2D eigenvalue weighted by Crippen LogP contribution is 2.05. The quantitative estimate of drug-likeness (QED) is 0.766. The summed E-state index contributed by atoms with van der Waals surface area (Å²) in [5, 5.41) is 15.8. The molecule has 6 heteroatoms. The fourth-order valence-electron chi connectivity index (χ4n) is 0.0707. The second-order valence-electron chi connectivity index (χ2n) is 3.96. The summed E-state index contributed by atoms with van der Waals surface area (Å²) in [5.74, 6) is -0.963. The minimum Gasteiger partial charge on any atom is -0.396 e. The molecule has 0 aliphatic carbocycles. The minimum atomic E-state index is -2.15. The Morgan fingerprint density at radius 1 is 0.706 bits per heavy atom. The van der Waals surface area contributed by atoms with Crippen LogP contribution in [0.5, 0.6) is 0 Å². The molecule has 2 N–H and O–H groups in total. The van der Waals surface area contributed by atoms with E-state index in [0.717, 1.165) is 0 Å². The summed E-state index contributed by atoms with van der Waals surface area (Å²) in [7, 11) is 0. The molecule has 0 radical (unpaired) electrons. The van der Waals surface area contributed by atoms with E-state index in [1.807, 2.05) is 0 Å². The zero-order valence-electron chi connectivity index (χ0n) is 10.8. The average Bonchev–Trinajstić information content (AvgIpc) is 2.20. The van der Waals surface area contributed by atoms with Crippen molar-refractivity contribution in [3.63, 3.8) is 0 Å². The van der Waals surface area contributed by atoms with E-state index >= 15 is 0 Å². The van der Waals surface area contributed by atoms with Gasteiger partial charge in [-0.25, -0.2) is 17.6 Å². The number of hydrogen-bond donors (Lipinski definition) is 2. The van der Waals surface area contributed by atoms with Gasteiger partial charge >= 0.3 is 0 Å². The maximum atomic E-state index is 11.2. The second kappa shape index (κ2) is 15.6. The molecule has 0 saturated carbocycles. The fourth-order valence-corrected chi connectivity index (χ4v) is 0.0707. The lowest BCUT2D eigenvalue weighted by molar-refractivity contribution is 0.0952. The largest absolute Gasteiger partial charge is 0.396 e. The van der Waals surface area contributed by atoms with Crippen LogP contribution in [0.25, 0.3) is 0 Å². The summed E-state index contributed by atoms with van der Waals surface area (Å²) in [6, 6.07) is 0. The number of alkyl halides is 4. The average molecular weight is 264 g/mol. The van der Waals surface area contributed by atoms with Crippen molar-refractivity contribution in [2.75, 3.05) is 13.2 Å². The Balaban J connectivity index is -0.000000174. The molecule has 0 heterocycles. The Kier molecular flexibility index (Phi) is 20.1. The molecule has 0 aromatic rings. The topological polar surface area (TPSA) is 40.5 Å². The Bertz CT molecular complexity index is 105. The smallest absolute Gasteiger partial charge is 0.240 e. The fraction of sp³-hybridized carbons (Fsp3) is 1.00. The number of hydrogen-bond acceptors (Lipinski definition) is 2. The van der Waals surface area contributed by atoms with Gasteiger partial charge in [-0.3, -0.25) is 0 Å². The molecule has 108 valence electrons. The maximum absolute atomic E-state index is 11.2. The molecule has 0 spiro atoms. The molecule has 0 rings (SSSR count). The maximum Gasteiger partial charge on any atom is 0.240 e. The summed E-state index contributed by atoms with van der Waals surface area (Å²) in [6.07, 6.45) is -3.80. The molecule has 0 saturated heterocycles. The van der Waals surface area contributed by atoms with E-state index in [1.54, 1.807) is 0 Å². The molecule has 0 atom stereocenters. The van der Waals surface area contributed by atoms with Crippen molar-refractivity contribution >= 4 is 0 Å². The molecular formula is C11H24F4O2. The summed E-state index contributed by atoms with van der Waals surface area (Å²) in [5.41, 5.74) is 0. The second-order valence-corrected chi connectivity index (χ2v) is 3.96. The Labute approximate surface area is 101 Å². The minimum absolute atomic E-state index is 0.0938. The molecule has 0 unspecified atom stereocenters. The van der Waals surface area contributed by atoms with Crippen molar-refractivity contribution in [3.8, 4) is 0 Å². The van der Waals surface area contributed by atoms with Crippen LogP contribution in [0.2, 0.25) is 0 Å². The van der Waals surface area contributed by atoms with Crippen LogP contribution >= 0.6 is 0 Å². The molecule has 0 fully saturated rings. The molecule has 0 aromatic carbocycles. The van der Waals surface area contributed by atoms with E-state index in [9.17, 15) is 17.6 Å². The van der Waals surface area contributed by atoms with Crippen molar-refractivity contribution in [1.82, 2.24) is 0 Å². The van der Waals surface area contributed by atoms with Gasteiger partial charge in [0.05, 0.1) is 0 Å². The van der Waals surface area contributed by atoms with Gasteiger partial charge < -0.3 is 10.2 Å². The molecule has 0 aromatic heterocycles. The van der Waals surface area contributed by atoms with Gasteiger partial charge in [0, 0.05) is 25.0 Å². The SMILES string of the molecule is CC(C)C(F)F.CC(C)C(F)F.OCCCO. The molecular weight excluding hydrogens is 240 g/mol. The van der Waals surface area contributed by atoms with Crippen LogP contribution in [0.15, 0.2) is 0 Å². The predicted molar refractivity (Wildman–Crippen MR) is 60.5 cm³/mol. The van der Waals surface area contributed by atoms with E-state index in [0.29, 0.717) is 6.42 Å². The van der Waals surface area contributed by atoms with Crippen molar-refractivity contribution in [2.45, 2.75) is 47.0 Å². The summed E-state index contributed by atoms with van der Waals surface area (Å²) < 4.78 is 44.6. The lowest BCUT2D eigenvalue weighted by atomic mass is 10.2. The van der Waals surface area contributed by atoms with Crippen molar-refractivity contribution in [1.29, 1.82) is 0 Å². The normalized spacial score (nSPS) is 10.2. The zero-order chi connectivity index (χ0) is 14.4. The third-order valence-corrected chi connectivity index (χ3v) is 1.32. The van der Waals surface area contributed by atoms with Gasteiger partial charge in [-0.05, 0) is 6.42 Å². The third-order valence-electron chi connectivity index (χ3n) is 1.32. The van der Waals surface area contributed by atoms with Crippen LogP contribution in [0.4, 0.5) is 17.6 Å². The van der Waals surface area contributed by atoms with Crippen LogP contribution in [0.3, 0.4) is 0 Å². The Morgan fingerprint density at radius 2 is 0.882 bits per heavy atom. The van der Waals surface area contributed by atoms with Gasteiger partial charge in [0.25, 0.3) is 0 Å². The predicted octanol–water partition coefficient (Wildman–Crippen LogP) is 3.18. The molecule has 0 amide bonds. The third kappa shape index (κ3) is 31.3. The number of rotatable bonds is 4. The van der Waals surface area contributed by atoms with Gasteiger partial charge in [0.15, 0.2) is 0 Å². The molecule has 17 heavy (non-hydrogen) atoms. The number of aliphatic hydroxyl groups excluding tert-OH is 2. The molecule has 2 nitrogen and oxygen atoms in total. The van der Waals surface area contributed by atoms with Crippen LogP contribution < -0.4 is 0 Å². The highest BCUT2D eigenvalue weighted by atomic mass is 19.3. The van der Waals surface area contributed by atoms with E-state index < -0.39 is 24.7 Å². The monoisotopic (exact) mass is 264 g/mol. The first-order valence-electron chi connectivity index (χ1n) is 5.48. The zero-order valence-corrected chi connectivity index (χ0v) is 10.8. The van der Waals surface area contributed by atoms with Gasteiger partial charge in [-0.2, -0.15) is 0 Å². The number of aliphatic hydroxyl groups is 2. The standard InChI is InChI=1S/2C4H8F2.C3H8O2/c2*1-3(2)4(5)6;4-2-1-3-5/h2*3-4H,1-2H3;4-5H,1-3H2. The lowest BCUT2D eigenvalue weighted by Crippen LogP contribution is -1.99. The van der Waals surface area contributed by atoms with E-state index in [4.69, 9.17) is 10.2 Å². The molecule has 0 bridgehead atoms. The highest BCUT2D eigenvalue weighted by molar-refractivity contribution is 4.42. The van der Waals surface area contributed by atoms with Crippen molar-refractivity contribution in [3.05, 3.63) is 0 Å². The van der Waals surface area contributed by atoms with E-state index in [1.165, 1.54) is 27.7 Å². The highest BCUT2D eigenvalue weighted by Gasteiger charge is 2.06. The van der Waals surface area contributed by atoms with Crippen LogP contribution in [-0.4, -0.2) is 36.3 Å². The first-order chi connectivity index (χ1) is 7.70. The molecule has 0 aliphatic rings. The summed E-state index contributed by atoms with van der Waals surface area (Å²) in [4.78, 5) is 0. The summed E-state index contributed by atoms with van der Waals surface area (Å²) >= 11 is 0. The van der Waals surface area contributed by atoms with Gasteiger partial charge in [0.2, 0.25) is 12.9 Å². The van der Waals surface area contributed by atoms with E-state index in [2.05, 4.69) is 0 Å². The lowest BCUT2D eigenvalue weighted by Gasteiger charge is -1.97. The Morgan fingerprint density at radius 3 is 0.882 bits per heavy atom. The van der Waals surface area contributed by atoms with Gasteiger partial charge in [0.1, 0.15) is 0 Å². The summed E-state index contributed by atoms with van der Waals surface area (Å²) in [6.45, 7) is 6.15. The van der Waals surface area contributed by atoms with E-state index in [-0.39, 0.29) is 13.2 Å². The molecule has 0 aliphatic heterocycles. The van der Waals surface area contributed by atoms with Crippen LogP contribution in [-0.2, 0) is 0 Å². The van der Waals surface area contributed by atoms with Gasteiger partial charge in [-0.15, -0.1) is 0 Å². The first kappa shape index (κ1) is 21.9. The first-order valence-corrected chi connectivity index (χ1v) is 5.48. The van der Waals surface area contributed by atoms with Crippen LogP contribution in [0.1, 0.15) is 34.1 Å². The Hall–Kier alpha value is -0.360.